The van der Waals surface area contributed by atoms with Crippen LogP contribution in [0.3, 0.4) is 0 Å². The molecular weight excluding hydrogens is 270 g/mol. The fourth-order valence-electron chi connectivity index (χ4n) is 2.20. The Morgan fingerprint density at radius 3 is 2.25 bits per heavy atom. The van der Waals surface area contributed by atoms with Gasteiger partial charge in [-0.1, -0.05) is 31.9 Å². The van der Waals surface area contributed by atoms with Crippen molar-refractivity contribution in [2.75, 3.05) is 0 Å². The van der Waals surface area contributed by atoms with E-state index in [-0.39, 0.29) is 11.9 Å². The van der Waals surface area contributed by atoms with Crippen molar-refractivity contribution in [3.8, 4) is 0 Å². The van der Waals surface area contributed by atoms with Gasteiger partial charge in [0.25, 0.3) is 0 Å². The summed E-state index contributed by atoms with van der Waals surface area (Å²) in [4.78, 5) is 0. The van der Waals surface area contributed by atoms with Gasteiger partial charge in [0.15, 0.2) is 0 Å². The minimum Gasteiger partial charge on any atom is -0.307 e. The molecule has 0 aliphatic carbocycles. The van der Waals surface area contributed by atoms with Gasteiger partial charge in [0.05, 0.1) is 6.42 Å². The summed E-state index contributed by atoms with van der Waals surface area (Å²) in [5, 5.41) is 3.00. The molecule has 1 aromatic rings. The molecule has 0 aliphatic heterocycles. The molecule has 0 radical (unpaired) electrons. The Balaban J connectivity index is 2.71. The van der Waals surface area contributed by atoms with E-state index in [1.165, 1.54) is 19.1 Å². The molecule has 2 atom stereocenters. The van der Waals surface area contributed by atoms with E-state index in [0.717, 1.165) is 24.8 Å². The van der Waals surface area contributed by atoms with Crippen LogP contribution in [0.5, 0.6) is 0 Å². The Morgan fingerprint density at radius 2 is 1.75 bits per heavy atom. The summed E-state index contributed by atoms with van der Waals surface area (Å²) in [5.74, 6) is -0.341. The minimum absolute atomic E-state index is 0.173. The molecular formula is C15H21F4N. The third-order valence-electron chi connectivity index (χ3n) is 3.14. The van der Waals surface area contributed by atoms with Gasteiger partial charge < -0.3 is 5.32 Å². The molecule has 0 aliphatic rings. The third-order valence-corrected chi connectivity index (χ3v) is 3.14. The van der Waals surface area contributed by atoms with Crippen molar-refractivity contribution in [2.24, 2.45) is 0 Å². The number of alkyl halides is 3. The summed E-state index contributed by atoms with van der Waals surface area (Å²) < 4.78 is 50.0. The van der Waals surface area contributed by atoms with E-state index in [9.17, 15) is 17.6 Å². The lowest BCUT2D eigenvalue weighted by Gasteiger charge is -2.24. The average Bonchev–Trinajstić information content (AvgIpc) is 2.33. The highest BCUT2D eigenvalue weighted by Crippen LogP contribution is 2.25. The van der Waals surface area contributed by atoms with Crippen LogP contribution < -0.4 is 5.32 Å². The largest absolute Gasteiger partial charge is 0.390 e. The van der Waals surface area contributed by atoms with E-state index in [1.807, 2.05) is 6.92 Å². The molecule has 0 spiro atoms. The van der Waals surface area contributed by atoms with Gasteiger partial charge in [-0.25, -0.2) is 4.39 Å². The second kappa shape index (κ2) is 7.62. The van der Waals surface area contributed by atoms with E-state index in [0.29, 0.717) is 0 Å². The summed E-state index contributed by atoms with van der Waals surface area (Å²) >= 11 is 0. The van der Waals surface area contributed by atoms with Gasteiger partial charge in [0.1, 0.15) is 5.82 Å². The van der Waals surface area contributed by atoms with Gasteiger partial charge in [-0.15, -0.1) is 0 Å². The van der Waals surface area contributed by atoms with Gasteiger partial charge >= 0.3 is 6.18 Å². The summed E-state index contributed by atoms with van der Waals surface area (Å²) in [6.45, 7) is 3.55. The maximum Gasteiger partial charge on any atom is 0.390 e. The highest BCUT2D eigenvalue weighted by molar-refractivity contribution is 5.20. The maximum absolute atomic E-state index is 12.9. The molecule has 0 aromatic heterocycles. The Morgan fingerprint density at radius 1 is 1.15 bits per heavy atom. The van der Waals surface area contributed by atoms with Crippen molar-refractivity contribution in [1.82, 2.24) is 5.32 Å². The fourth-order valence-corrected chi connectivity index (χ4v) is 2.20. The molecule has 0 heterocycles. The number of hydrogen-bond donors (Lipinski definition) is 1. The molecule has 0 fully saturated rings. The Kier molecular flexibility index (Phi) is 6.46. The first-order valence-corrected chi connectivity index (χ1v) is 6.90. The normalized spacial score (nSPS) is 15.1. The molecule has 0 bridgehead atoms. The van der Waals surface area contributed by atoms with E-state index >= 15 is 0 Å². The van der Waals surface area contributed by atoms with Gasteiger partial charge in [-0.3, -0.25) is 0 Å². The summed E-state index contributed by atoms with van der Waals surface area (Å²) in [7, 11) is 0. The Hall–Kier alpha value is -1.10. The first kappa shape index (κ1) is 17.0. The average molecular weight is 291 g/mol. The van der Waals surface area contributed by atoms with E-state index in [1.54, 1.807) is 12.1 Å². The second-order valence-corrected chi connectivity index (χ2v) is 5.13. The van der Waals surface area contributed by atoms with Crippen LogP contribution in [-0.4, -0.2) is 12.2 Å². The van der Waals surface area contributed by atoms with Gasteiger partial charge in [-0.2, -0.15) is 13.2 Å². The van der Waals surface area contributed by atoms with Gasteiger partial charge in [-0.05, 0) is 31.0 Å². The SMILES string of the molecule is CCCCC(NC(C)CC(F)(F)F)c1ccc(F)cc1. The third kappa shape index (κ3) is 6.37. The van der Waals surface area contributed by atoms with Crippen LogP contribution in [0, 0.1) is 5.82 Å². The minimum atomic E-state index is -4.18. The van der Waals surface area contributed by atoms with Crippen molar-refractivity contribution in [1.29, 1.82) is 0 Å². The van der Waals surface area contributed by atoms with Crippen molar-refractivity contribution < 1.29 is 17.6 Å². The molecule has 0 amide bonds. The number of unbranched alkanes of at least 4 members (excludes halogenated alkanes) is 1. The Bertz CT molecular complexity index is 386. The number of hydrogen-bond acceptors (Lipinski definition) is 1. The lowest BCUT2D eigenvalue weighted by molar-refractivity contribution is -0.139. The molecule has 1 nitrogen and oxygen atoms in total. The predicted octanol–water partition coefficient (Wildman–Crippen LogP) is 4.99. The van der Waals surface area contributed by atoms with Crippen LogP contribution in [0.4, 0.5) is 17.6 Å². The molecule has 1 N–H and O–H groups in total. The molecule has 5 heteroatoms. The summed E-state index contributed by atoms with van der Waals surface area (Å²) in [6.07, 6.45) is -2.42. The molecule has 1 rings (SSSR count). The van der Waals surface area contributed by atoms with Gasteiger partial charge in [0, 0.05) is 12.1 Å². The number of rotatable bonds is 7. The monoisotopic (exact) mass is 291 g/mol. The van der Waals surface area contributed by atoms with E-state index in [4.69, 9.17) is 0 Å². The molecule has 0 saturated carbocycles. The quantitative estimate of drug-likeness (QED) is 0.698. The smallest absolute Gasteiger partial charge is 0.307 e. The number of benzene rings is 1. The topological polar surface area (TPSA) is 12.0 Å². The molecule has 20 heavy (non-hydrogen) atoms. The second-order valence-electron chi connectivity index (χ2n) is 5.13. The highest BCUT2D eigenvalue weighted by atomic mass is 19.4. The summed E-state index contributed by atoms with van der Waals surface area (Å²) in [6, 6.07) is 5.09. The van der Waals surface area contributed by atoms with Crippen LogP contribution in [-0.2, 0) is 0 Å². The predicted molar refractivity (Wildman–Crippen MR) is 71.9 cm³/mol. The number of nitrogens with one attached hydrogen (secondary N) is 1. The lowest BCUT2D eigenvalue weighted by atomic mass is 9.99. The molecule has 1 aromatic carbocycles. The van der Waals surface area contributed by atoms with E-state index < -0.39 is 18.6 Å². The van der Waals surface area contributed by atoms with Crippen LogP contribution >= 0.6 is 0 Å². The van der Waals surface area contributed by atoms with Crippen LogP contribution in [0.1, 0.15) is 51.1 Å². The highest BCUT2D eigenvalue weighted by Gasteiger charge is 2.30. The first-order chi connectivity index (χ1) is 9.31. The zero-order chi connectivity index (χ0) is 15.2. The molecule has 2 unspecified atom stereocenters. The first-order valence-electron chi connectivity index (χ1n) is 6.90. The zero-order valence-corrected chi connectivity index (χ0v) is 11.8. The summed E-state index contributed by atoms with van der Waals surface area (Å²) in [5.41, 5.74) is 0.828. The standard InChI is InChI=1S/C15H21F4N/c1-3-4-5-14(12-6-8-13(16)9-7-12)20-11(2)10-15(17,18)19/h6-9,11,14,20H,3-5,10H2,1-2H3. The lowest BCUT2D eigenvalue weighted by Crippen LogP contribution is -2.34. The van der Waals surface area contributed by atoms with Crippen LogP contribution in [0.2, 0.25) is 0 Å². The van der Waals surface area contributed by atoms with Crippen LogP contribution in [0.15, 0.2) is 24.3 Å². The van der Waals surface area contributed by atoms with E-state index in [2.05, 4.69) is 5.32 Å². The maximum atomic E-state index is 12.9. The van der Waals surface area contributed by atoms with Crippen molar-refractivity contribution in [3.63, 3.8) is 0 Å². The van der Waals surface area contributed by atoms with Crippen LogP contribution in [0.25, 0.3) is 0 Å². The number of halogens is 4. The van der Waals surface area contributed by atoms with Gasteiger partial charge in [0.2, 0.25) is 0 Å². The van der Waals surface area contributed by atoms with Crippen molar-refractivity contribution in [3.05, 3.63) is 35.6 Å². The fraction of sp³-hybridized carbons (Fsp3) is 0.600. The Labute approximate surface area is 117 Å². The molecule has 114 valence electrons. The van der Waals surface area contributed by atoms with Crippen molar-refractivity contribution >= 4 is 0 Å². The molecule has 0 saturated heterocycles. The zero-order valence-electron chi connectivity index (χ0n) is 11.8. The van der Waals surface area contributed by atoms with Crippen molar-refractivity contribution in [2.45, 2.75) is 57.8 Å².